The molecule has 6 nitrogen and oxygen atoms in total. The smallest absolute Gasteiger partial charge is 0.269 e. The maximum absolute atomic E-state index is 11.3. The minimum absolute atomic E-state index is 0.183. The molecule has 0 atom stereocenters. The number of aromatic nitrogens is 2. The largest absolute Gasteiger partial charge is 0.380 e. The minimum atomic E-state index is -4.57. The molecule has 7 heteroatoms. The van der Waals surface area contributed by atoms with Gasteiger partial charge in [-0.05, 0) is 5.56 Å². The van der Waals surface area contributed by atoms with E-state index in [0.29, 0.717) is 4.09 Å². The second kappa shape index (κ2) is 4.19. The van der Waals surface area contributed by atoms with Gasteiger partial charge in [0.05, 0.1) is 6.54 Å². The van der Waals surface area contributed by atoms with Crippen LogP contribution in [0.3, 0.4) is 0 Å². The fraction of sp³-hybridized carbons (Fsp3) is 0.100. The molecular weight excluding hydrogens is 244 g/mol. The summed E-state index contributed by atoms with van der Waals surface area (Å²) in [4.78, 5) is 11.3. The van der Waals surface area contributed by atoms with Crippen LogP contribution in [-0.2, 0) is 16.8 Å². The summed E-state index contributed by atoms with van der Waals surface area (Å²) < 4.78 is 32.4. The average molecular weight is 254 g/mol. The van der Waals surface area contributed by atoms with Gasteiger partial charge in [-0.1, -0.05) is 30.3 Å². The first-order chi connectivity index (χ1) is 7.98. The van der Waals surface area contributed by atoms with Gasteiger partial charge in [0.2, 0.25) is 0 Å². The normalized spacial score (nSPS) is 11.6. The van der Waals surface area contributed by atoms with Gasteiger partial charge in [0.15, 0.2) is 0 Å². The van der Waals surface area contributed by atoms with Crippen molar-refractivity contribution in [1.82, 2.24) is 8.77 Å². The number of rotatable bonds is 3. The summed E-state index contributed by atoms with van der Waals surface area (Å²) in [6, 6.07) is 10.1. The molecule has 0 amide bonds. The van der Waals surface area contributed by atoms with Crippen molar-refractivity contribution in [2.24, 2.45) is 0 Å². The first-order valence-electron chi connectivity index (χ1n) is 4.79. The maximum atomic E-state index is 11.3. The van der Waals surface area contributed by atoms with Gasteiger partial charge in [-0.25, -0.2) is 0 Å². The van der Waals surface area contributed by atoms with E-state index >= 15 is 0 Å². The van der Waals surface area contributed by atoms with Crippen LogP contribution in [0.5, 0.6) is 0 Å². The first-order valence-corrected chi connectivity index (χ1v) is 6.18. The zero-order valence-electron chi connectivity index (χ0n) is 8.72. The highest BCUT2D eigenvalue weighted by Crippen LogP contribution is 2.02. The zero-order valence-corrected chi connectivity index (χ0v) is 9.54. The lowest BCUT2D eigenvalue weighted by Crippen LogP contribution is -2.29. The molecule has 0 saturated carbocycles. The minimum Gasteiger partial charge on any atom is -0.269 e. The molecule has 1 N–H and O–H groups in total. The summed E-state index contributed by atoms with van der Waals surface area (Å²) in [6.45, 7) is 0.183. The molecule has 17 heavy (non-hydrogen) atoms. The molecule has 0 saturated heterocycles. The highest BCUT2D eigenvalue weighted by molar-refractivity contribution is 7.84. The lowest BCUT2D eigenvalue weighted by molar-refractivity contribution is 0.446. The third-order valence-corrected chi connectivity index (χ3v) is 3.04. The summed E-state index contributed by atoms with van der Waals surface area (Å²) in [7, 11) is -4.57. The second-order valence-corrected chi connectivity index (χ2v) is 4.70. The van der Waals surface area contributed by atoms with Crippen molar-refractivity contribution < 1.29 is 13.0 Å². The number of hydrogen-bond donors (Lipinski definition) is 1. The van der Waals surface area contributed by atoms with E-state index in [-0.39, 0.29) is 6.54 Å². The quantitative estimate of drug-likeness (QED) is 0.801. The topological polar surface area (TPSA) is 81.3 Å². The van der Waals surface area contributed by atoms with Crippen molar-refractivity contribution in [3.8, 4) is 0 Å². The molecule has 1 aromatic heterocycles. The van der Waals surface area contributed by atoms with E-state index in [4.69, 9.17) is 4.55 Å². The Bertz CT molecular complexity index is 670. The van der Waals surface area contributed by atoms with Gasteiger partial charge in [-0.15, -0.1) is 4.09 Å². The first kappa shape index (κ1) is 11.6. The Morgan fingerprint density at radius 2 is 1.76 bits per heavy atom. The van der Waals surface area contributed by atoms with Crippen LogP contribution in [0.25, 0.3) is 0 Å². The van der Waals surface area contributed by atoms with Crippen molar-refractivity contribution in [2.45, 2.75) is 6.54 Å². The molecule has 2 aromatic rings. The number of nitrogens with zero attached hydrogens (tertiary/aromatic N) is 2. The molecule has 0 aliphatic rings. The predicted octanol–water partition coefficient (Wildman–Crippen LogP) is 0.349. The van der Waals surface area contributed by atoms with Crippen LogP contribution >= 0.6 is 0 Å². The van der Waals surface area contributed by atoms with Gasteiger partial charge in [-0.3, -0.25) is 14.0 Å². The molecule has 2 rings (SSSR count). The number of benzene rings is 1. The summed E-state index contributed by atoms with van der Waals surface area (Å²) in [6.07, 6.45) is 1.31. The molecule has 0 radical (unpaired) electrons. The van der Waals surface area contributed by atoms with Crippen molar-refractivity contribution >= 4 is 10.3 Å². The Labute approximate surface area is 97.6 Å². The van der Waals surface area contributed by atoms with Gasteiger partial charge < -0.3 is 0 Å². The van der Waals surface area contributed by atoms with E-state index < -0.39 is 15.9 Å². The van der Waals surface area contributed by atoms with E-state index in [2.05, 4.69) is 0 Å². The standard InChI is InChI=1S/C10H10N2O4S/c13-10-6-7-11(12(10)17(14,15)16)8-9-4-2-1-3-5-9/h1-7H,8H2,(H,14,15,16). The van der Waals surface area contributed by atoms with Gasteiger partial charge >= 0.3 is 10.3 Å². The molecule has 0 aliphatic heterocycles. The predicted molar refractivity (Wildman–Crippen MR) is 61.2 cm³/mol. The van der Waals surface area contributed by atoms with E-state index in [1.165, 1.54) is 6.20 Å². The van der Waals surface area contributed by atoms with Crippen LogP contribution < -0.4 is 5.56 Å². The van der Waals surface area contributed by atoms with E-state index in [1.54, 1.807) is 24.3 Å². The molecule has 0 bridgehead atoms. The van der Waals surface area contributed by atoms with Crippen LogP contribution in [0.4, 0.5) is 0 Å². The lowest BCUT2D eigenvalue weighted by atomic mass is 10.2. The molecule has 0 aliphatic carbocycles. The van der Waals surface area contributed by atoms with E-state index in [1.807, 2.05) is 6.07 Å². The summed E-state index contributed by atoms with van der Waals surface area (Å²) >= 11 is 0. The zero-order chi connectivity index (χ0) is 12.5. The second-order valence-electron chi connectivity index (χ2n) is 3.46. The Kier molecular flexibility index (Phi) is 2.86. The van der Waals surface area contributed by atoms with Crippen LogP contribution in [-0.4, -0.2) is 21.7 Å². The fourth-order valence-electron chi connectivity index (χ4n) is 1.53. The molecule has 0 spiro atoms. The van der Waals surface area contributed by atoms with Crippen LogP contribution in [0, 0.1) is 0 Å². The van der Waals surface area contributed by atoms with E-state index in [0.717, 1.165) is 16.3 Å². The molecule has 0 fully saturated rings. The van der Waals surface area contributed by atoms with Crippen molar-refractivity contribution in [3.63, 3.8) is 0 Å². The average Bonchev–Trinajstić information content (AvgIpc) is 2.60. The molecular formula is C10H10N2O4S. The fourth-order valence-corrected chi connectivity index (χ4v) is 2.20. The summed E-state index contributed by atoms with van der Waals surface area (Å²) in [5.74, 6) is 0. The van der Waals surface area contributed by atoms with E-state index in [9.17, 15) is 13.2 Å². The van der Waals surface area contributed by atoms with Crippen molar-refractivity contribution in [3.05, 3.63) is 58.5 Å². The molecule has 1 aromatic carbocycles. The molecule has 1 heterocycles. The SMILES string of the molecule is O=c1ccn(Cc2ccccc2)n1S(=O)(=O)O. The van der Waals surface area contributed by atoms with Crippen LogP contribution in [0.1, 0.15) is 5.56 Å². The van der Waals surface area contributed by atoms with Gasteiger partial charge in [0, 0.05) is 12.3 Å². The summed E-state index contributed by atoms with van der Waals surface area (Å²) in [5.41, 5.74) is 0.0314. The Morgan fingerprint density at radius 3 is 2.35 bits per heavy atom. The third kappa shape index (κ3) is 2.45. The van der Waals surface area contributed by atoms with Crippen LogP contribution in [0.2, 0.25) is 0 Å². The molecule has 90 valence electrons. The van der Waals surface area contributed by atoms with Gasteiger partial charge in [0.25, 0.3) is 5.56 Å². The Morgan fingerprint density at radius 1 is 1.12 bits per heavy atom. The van der Waals surface area contributed by atoms with Crippen molar-refractivity contribution in [2.75, 3.05) is 0 Å². The monoisotopic (exact) mass is 254 g/mol. The Balaban J connectivity index is 2.46. The van der Waals surface area contributed by atoms with Crippen molar-refractivity contribution in [1.29, 1.82) is 0 Å². The third-order valence-electron chi connectivity index (χ3n) is 2.22. The van der Waals surface area contributed by atoms with Gasteiger partial charge in [0.1, 0.15) is 0 Å². The highest BCUT2D eigenvalue weighted by Gasteiger charge is 2.15. The lowest BCUT2D eigenvalue weighted by Gasteiger charge is -2.08. The van der Waals surface area contributed by atoms with Gasteiger partial charge in [-0.2, -0.15) is 8.42 Å². The Hall–Kier alpha value is -1.86. The number of hydrogen-bond acceptors (Lipinski definition) is 3. The molecule has 0 unspecified atom stereocenters. The van der Waals surface area contributed by atoms with Crippen LogP contribution in [0.15, 0.2) is 47.4 Å². The summed E-state index contributed by atoms with van der Waals surface area (Å²) in [5, 5.41) is 0. The highest BCUT2D eigenvalue weighted by atomic mass is 32.2. The maximum Gasteiger partial charge on any atom is 0.380 e.